The first-order valence-corrected chi connectivity index (χ1v) is 8.18. The Morgan fingerprint density at radius 3 is 2.33 bits per heavy atom. The molecule has 0 bridgehead atoms. The zero-order chi connectivity index (χ0) is 14.8. The fourth-order valence-electron chi connectivity index (χ4n) is 2.73. The summed E-state index contributed by atoms with van der Waals surface area (Å²) >= 11 is 3.85. The van der Waals surface area contributed by atoms with Crippen molar-refractivity contribution >= 4 is 15.9 Å². The molecule has 3 heteroatoms. The summed E-state index contributed by atoms with van der Waals surface area (Å²) in [5.41, 5.74) is 5.11. The van der Waals surface area contributed by atoms with Gasteiger partial charge in [0.05, 0.1) is 18.0 Å². The number of ether oxygens (including phenoxy) is 2. The zero-order valence-corrected chi connectivity index (χ0v) is 13.9. The Morgan fingerprint density at radius 2 is 1.62 bits per heavy atom. The lowest BCUT2D eigenvalue weighted by Gasteiger charge is -2.18. The molecule has 0 aromatic heterocycles. The van der Waals surface area contributed by atoms with Crippen LogP contribution in [0.3, 0.4) is 0 Å². The minimum Gasteiger partial charge on any atom is -0.490 e. The highest BCUT2D eigenvalue weighted by molar-refractivity contribution is 9.09. The number of hydrogen-bond donors (Lipinski definition) is 0. The van der Waals surface area contributed by atoms with Gasteiger partial charge in [-0.25, -0.2) is 0 Å². The van der Waals surface area contributed by atoms with E-state index in [2.05, 4.69) is 60.1 Å². The fraction of sp³-hybridized carbons (Fsp3) is 0.333. The van der Waals surface area contributed by atoms with Crippen molar-refractivity contribution in [2.24, 2.45) is 0 Å². The van der Waals surface area contributed by atoms with E-state index in [0.717, 1.165) is 24.5 Å². The summed E-state index contributed by atoms with van der Waals surface area (Å²) in [5.74, 6) is 1.69. The average molecular weight is 347 g/mol. The van der Waals surface area contributed by atoms with Crippen molar-refractivity contribution in [3.63, 3.8) is 0 Å². The van der Waals surface area contributed by atoms with Crippen LogP contribution < -0.4 is 9.47 Å². The van der Waals surface area contributed by atoms with Crippen LogP contribution in [0.4, 0.5) is 0 Å². The predicted molar refractivity (Wildman–Crippen MR) is 88.7 cm³/mol. The quantitative estimate of drug-likeness (QED) is 0.716. The van der Waals surface area contributed by atoms with Crippen molar-refractivity contribution in [3.8, 4) is 11.5 Å². The molecule has 3 rings (SSSR count). The molecule has 1 unspecified atom stereocenters. The van der Waals surface area contributed by atoms with Gasteiger partial charge in [0.15, 0.2) is 11.5 Å². The molecular formula is C18H19BrO2. The second kappa shape index (κ2) is 6.10. The molecule has 21 heavy (non-hydrogen) atoms. The highest BCUT2D eigenvalue weighted by atomic mass is 79.9. The molecule has 0 radical (unpaired) electrons. The summed E-state index contributed by atoms with van der Waals surface area (Å²) in [7, 11) is 0. The Morgan fingerprint density at radius 1 is 0.952 bits per heavy atom. The third-order valence-corrected chi connectivity index (χ3v) is 4.85. The highest BCUT2D eigenvalue weighted by Gasteiger charge is 2.18. The van der Waals surface area contributed by atoms with E-state index in [4.69, 9.17) is 9.47 Å². The molecular weight excluding hydrogens is 328 g/mol. The maximum Gasteiger partial charge on any atom is 0.161 e. The Hall–Kier alpha value is -1.48. The minimum absolute atomic E-state index is 0.163. The van der Waals surface area contributed by atoms with E-state index in [1.165, 1.54) is 22.3 Å². The lowest BCUT2D eigenvalue weighted by Crippen LogP contribution is -2.00. The molecule has 2 aromatic carbocycles. The van der Waals surface area contributed by atoms with Crippen LogP contribution in [0.5, 0.6) is 11.5 Å². The van der Waals surface area contributed by atoms with Crippen molar-refractivity contribution in [2.75, 3.05) is 13.2 Å². The number of halogens is 1. The van der Waals surface area contributed by atoms with Crippen LogP contribution in [0.25, 0.3) is 0 Å². The first-order valence-electron chi connectivity index (χ1n) is 7.26. The minimum atomic E-state index is 0.163. The second-order valence-electron chi connectivity index (χ2n) is 5.42. The molecule has 0 fully saturated rings. The molecule has 1 atom stereocenters. The molecule has 2 nitrogen and oxygen atoms in total. The predicted octanol–water partition coefficient (Wildman–Crippen LogP) is 4.95. The van der Waals surface area contributed by atoms with Crippen molar-refractivity contribution < 1.29 is 9.47 Å². The van der Waals surface area contributed by atoms with Gasteiger partial charge in [0.1, 0.15) is 0 Å². The van der Waals surface area contributed by atoms with Gasteiger partial charge in [0.25, 0.3) is 0 Å². The van der Waals surface area contributed by atoms with Crippen LogP contribution in [-0.4, -0.2) is 13.2 Å². The van der Waals surface area contributed by atoms with Gasteiger partial charge >= 0.3 is 0 Å². The van der Waals surface area contributed by atoms with Crippen LogP contribution in [0.1, 0.15) is 33.5 Å². The summed E-state index contributed by atoms with van der Waals surface area (Å²) in [4.78, 5) is 0.163. The van der Waals surface area contributed by atoms with E-state index in [1.807, 2.05) is 6.07 Å². The molecule has 110 valence electrons. The van der Waals surface area contributed by atoms with E-state index < -0.39 is 0 Å². The van der Waals surface area contributed by atoms with Gasteiger partial charge in [-0.3, -0.25) is 0 Å². The molecule has 0 saturated heterocycles. The molecule has 2 aromatic rings. The number of alkyl halides is 1. The van der Waals surface area contributed by atoms with Crippen molar-refractivity contribution in [3.05, 3.63) is 58.7 Å². The number of fused-ring (bicyclic) bond motifs is 1. The topological polar surface area (TPSA) is 18.5 Å². The number of benzene rings is 2. The van der Waals surface area contributed by atoms with E-state index in [-0.39, 0.29) is 4.83 Å². The van der Waals surface area contributed by atoms with Crippen molar-refractivity contribution in [2.45, 2.75) is 25.1 Å². The molecule has 0 aliphatic carbocycles. The number of aryl methyl sites for hydroxylation is 2. The lowest BCUT2D eigenvalue weighted by atomic mass is 9.96. The monoisotopic (exact) mass is 346 g/mol. The Bertz CT molecular complexity index is 631. The SMILES string of the molecule is Cc1cccc(C)c1C(Br)c1ccc2c(c1)OCCCO2. The third-order valence-electron chi connectivity index (χ3n) is 3.86. The number of rotatable bonds is 2. The average Bonchev–Trinajstić information content (AvgIpc) is 2.71. The van der Waals surface area contributed by atoms with E-state index in [9.17, 15) is 0 Å². The smallest absolute Gasteiger partial charge is 0.161 e. The molecule has 0 saturated carbocycles. The van der Waals surface area contributed by atoms with Gasteiger partial charge < -0.3 is 9.47 Å². The summed E-state index contributed by atoms with van der Waals surface area (Å²) in [5, 5.41) is 0. The summed E-state index contributed by atoms with van der Waals surface area (Å²) in [6.07, 6.45) is 0.929. The summed E-state index contributed by atoms with van der Waals surface area (Å²) < 4.78 is 11.5. The normalized spacial score (nSPS) is 15.4. The highest BCUT2D eigenvalue weighted by Crippen LogP contribution is 2.39. The fourth-order valence-corrected chi connectivity index (χ4v) is 3.74. The molecule has 0 spiro atoms. The van der Waals surface area contributed by atoms with Gasteiger partial charge in [0.2, 0.25) is 0 Å². The molecule has 0 amide bonds. The Labute approximate surface area is 134 Å². The first-order chi connectivity index (χ1) is 10.2. The van der Waals surface area contributed by atoms with Crippen LogP contribution in [0, 0.1) is 13.8 Å². The Balaban J connectivity index is 1.98. The molecule has 1 aliphatic rings. The van der Waals surface area contributed by atoms with Crippen molar-refractivity contribution in [1.82, 2.24) is 0 Å². The summed E-state index contributed by atoms with van der Waals surface area (Å²) in [6, 6.07) is 12.6. The van der Waals surface area contributed by atoms with Gasteiger partial charge in [0, 0.05) is 6.42 Å². The van der Waals surface area contributed by atoms with Gasteiger partial charge in [-0.15, -0.1) is 0 Å². The van der Waals surface area contributed by atoms with Crippen LogP contribution >= 0.6 is 15.9 Å². The largest absolute Gasteiger partial charge is 0.490 e. The first kappa shape index (κ1) is 14.5. The van der Waals surface area contributed by atoms with E-state index in [1.54, 1.807) is 0 Å². The van der Waals surface area contributed by atoms with Crippen LogP contribution in [0.2, 0.25) is 0 Å². The second-order valence-corrected chi connectivity index (χ2v) is 6.34. The van der Waals surface area contributed by atoms with Gasteiger partial charge in [-0.2, -0.15) is 0 Å². The lowest BCUT2D eigenvalue weighted by molar-refractivity contribution is 0.297. The maximum absolute atomic E-state index is 5.79. The Kier molecular flexibility index (Phi) is 4.20. The molecule has 1 heterocycles. The van der Waals surface area contributed by atoms with Crippen molar-refractivity contribution in [1.29, 1.82) is 0 Å². The summed E-state index contributed by atoms with van der Waals surface area (Å²) in [6.45, 7) is 5.74. The molecule has 1 aliphatic heterocycles. The standard InChI is InChI=1S/C18H19BrO2/c1-12-5-3-6-13(2)17(12)18(19)14-7-8-15-16(11-14)21-10-4-9-20-15/h3,5-8,11,18H,4,9-10H2,1-2H3. The number of hydrogen-bond acceptors (Lipinski definition) is 2. The van der Waals surface area contributed by atoms with Gasteiger partial charge in [-0.05, 0) is 48.2 Å². The maximum atomic E-state index is 5.79. The zero-order valence-electron chi connectivity index (χ0n) is 12.4. The van der Waals surface area contributed by atoms with Crippen LogP contribution in [0.15, 0.2) is 36.4 Å². The van der Waals surface area contributed by atoms with E-state index >= 15 is 0 Å². The van der Waals surface area contributed by atoms with Crippen LogP contribution in [-0.2, 0) is 0 Å². The third kappa shape index (κ3) is 2.93. The van der Waals surface area contributed by atoms with E-state index in [0.29, 0.717) is 6.61 Å². The molecule has 0 N–H and O–H groups in total. The van der Waals surface area contributed by atoms with Gasteiger partial charge in [-0.1, -0.05) is 40.2 Å².